The van der Waals surface area contributed by atoms with Crippen molar-refractivity contribution in [3.8, 4) is 0 Å². The van der Waals surface area contributed by atoms with E-state index in [1.807, 2.05) is 4.90 Å². The van der Waals surface area contributed by atoms with Gasteiger partial charge in [-0.15, -0.1) is 11.3 Å². The van der Waals surface area contributed by atoms with Crippen molar-refractivity contribution in [2.45, 2.75) is 29.9 Å². The van der Waals surface area contributed by atoms with Crippen molar-refractivity contribution in [2.75, 3.05) is 23.1 Å². The molecule has 0 aliphatic carbocycles. The number of rotatable bonds is 6. The zero-order valence-electron chi connectivity index (χ0n) is 18.0. The average Bonchev–Trinajstić information content (AvgIpc) is 3.24. The highest BCUT2D eigenvalue weighted by atomic mass is 32.2. The summed E-state index contributed by atoms with van der Waals surface area (Å²) in [5.74, 6) is -0.301. The maximum absolute atomic E-state index is 12.7. The minimum atomic E-state index is -3.64. The molecule has 33 heavy (non-hydrogen) atoms. The summed E-state index contributed by atoms with van der Waals surface area (Å²) in [5, 5.41) is 4.50. The summed E-state index contributed by atoms with van der Waals surface area (Å²) < 4.78 is 27.3. The molecular weight excluding hydrogens is 458 g/mol. The van der Waals surface area contributed by atoms with E-state index in [0.717, 1.165) is 50.1 Å². The first kappa shape index (κ1) is 23.0. The Labute approximate surface area is 197 Å². The number of benzene rings is 2. The third-order valence-electron chi connectivity index (χ3n) is 5.44. The van der Waals surface area contributed by atoms with E-state index < -0.39 is 10.0 Å². The predicted octanol–water partition coefficient (Wildman–Crippen LogP) is 4.82. The van der Waals surface area contributed by atoms with Crippen LogP contribution < -0.4 is 10.0 Å². The van der Waals surface area contributed by atoms with Crippen molar-refractivity contribution in [2.24, 2.45) is 0 Å². The van der Waals surface area contributed by atoms with Crippen molar-refractivity contribution in [3.63, 3.8) is 0 Å². The summed E-state index contributed by atoms with van der Waals surface area (Å²) >= 11 is 1.13. The lowest BCUT2D eigenvalue weighted by atomic mass is 10.1. The van der Waals surface area contributed by atoms with Crippen LogP contribution in [0, 0.1) is 0 Å². The zero-order chi connectivity index (χ0) is 23.3. The van der Waals surface area contributed by atoms with Crippen molar-refractivity contribution >= 4 is 44.5 Å². The quantitative estimate of drug-likeness (QED) is 0.526. The standard InChI is InChI=1S/C24H25N3O4S2/c28-23(18-7-13-21(14-8-18)26-33(30,31)22-6-5-17-32-22)25-20-11-9-19(10-12-20)24(29)27-15-3-1-2-4-16-27/h5-14,17,26H,1-4,15-16H2,(H,25,28). The molecule has 2 amide bonds. The molecule has 2 aromatic carbocycles. The highest BCUT2D eigenvalue weighted by Crippen LogP contribution is 2.21. The van der Waals surface area contributed by atoms with Gasteiger partial charge in [0.05, 0.1) is 0 Å². The van der Waals surface area contributed by atoms with Crippen LogP contribution >= 0.6 is 11.3 Å². The number of sulfonamides is 1. The van der Waals surface area contributed by atoms with Gasteiger partial charge < -0.3 is 10.2 Å². The molecule has 2 N–H and O–H groups in total. The van der Waals surface area contributed by atoms with Crippen LogP contribution in [0.15, 0.2) is 70.3 Å². The van der Waals surface area contributed by atoms with Gasteiger partial charge in [0, 0.05) is 35.6 Å². The van der Waals surface area contributed by atoms with Crippen molar-refractivity contribution in [3.05, 3.63) is 77.2 Å². The first-order valence-corrected chi connectivity index (χ1v) is 13.2. The van der Waals surface area contributed by atoms with Crippen LogP contribution in [-0.4, -0.2) is 38.2 Å². The summed E-state index contributed by atoms with van der Waals surface area (Å²) in [4.78, 5) is 27.2. The molecule has 7 nitrogen and oxygen atoms in total. The Morgan fingerprint density at radius 3 is 2.00 bits per heavy atom. The van der Waals surface area contributed by atoms with E-state index in [0.29, 0.717) is 22.5 Å². The Morgan fingerprint density at radius 2 is 1.39 bits per heavy atom. The predicted molar refractivity (Wildman–Crippen MR) is 130 cm³/mol. The number of carbonyl (C=O) groups is 2. The van der Waals surface area contributed by atoms with E-state index in [4.69, 9.17) is 0 Å². The van der Waals surface area contributed by atoms with Gasteiger partial charge in [0.15, 0.2) is 0 Å². The molecule has 172 valence electrons. The van der Waals surface area contributed by atoms with Crippen LogP contribution in [0.2, 0.25) is 0 Å². The van der Waals surface area contributed by atoms with Crippen LogP contribution in [0.5, 0.6) is 0 Å². The Hall–Kier alpha value is -3.17. The molecule has 3 aromatic rings. The number of carbonyl (C=O) groups excluding carboxylic acids is 2. The molecule has 1 aliphatic rings. The second-order valence-electron chi connectivity index (χ2n) is 7.85. The Morgan fingerprint density at radius 1 is 0.788 bits per heavy atom. The number of likely N-dealkylation sites (tertiary alicyclic amines) is 1. The SMILES string of the molecule is O=C(Nc1ccc(C(=O)N2CCCCCC2)cc1)c1ccc(NS(=O)(=O)c2cccs2)cc1. The molecule has 1 fully saturated rings. The van der Waals surface area contributed by atoms with Crippen LogP contribution in [0.25, 0.3) is 0 Å². The van der Waals surface area contributed by atoms with Gasteiger partial charge in [-0.3, -0.25) is 14.3 Å². The summed E-state index contributed by atoms with van der Waals surface area (Å²) in [6.45, 7) is 1.58. The van der Waals surface area contributed by atoms with Crippen LogP contribution in [0.4, 0.5) is 11.4 Å². The molecule has 1 aromatic heterocycles. The molecule has 0 spiro atoms. The fourth-order valence-electron chi connectivity index (χ4n) is 3.67. The van der Waals surface area contributed by atoms with Crippen LogP contribution in [0.3, 0.4) is 0 Å². The minimum Gasteiger partial charge on any atom is -0.339 e. The molecule has 0 atom stereocenters. The molecule has 0 unspecified atom stereocenters. The molecule has 0 radical (unpaired) electrons. The first-order chi connectivity index (χ1) is 15.9. The Balaban J connectivity index is 1.36. The second kappa shape index (κ2) is 10.2. The number of thiophene rings is 1. The van der Waals surface area contributed by atoms with E-state index >= 15 is 0 Å². The van der Waals surface area contributed by atoms with Gasteiger partial charge in [0.1, 0.15) is 4.21 Å². The third-order valence-corrected chi connectivity index (χ3v) is 8.22. The number of amides is 2. The molecule has 1 aliphatic heterocycles. The van der Waals surface area contributed by atoms with E-state index in [-0.39, 0.29) is 16.0 Å². The van der Waals surface area contributed by atoms with Crippen molar-refractivity contribution < 1.29 is 18.0 Å². The summed E-state index contributed by atoms with van der Waals surface area (Å²) in [7, 11) is -3.64. The highest BCUT2D eigenvalue weighted by Gasteiger charge is 2.18. The van der Waals surface area contributed by atoms with Crippen molar-refractivity contribution in [1.82, 2.24) is 4.90 Å². The van der Waals surface area contributed by atoms with E-state index in [2.05, 4.69) is 10.0 Å². The maximum atomic E-state index is 12.7. The van der Waals surface area contributed by atoms with Crippen molar-refractivity contribution in [1.29, 1.82) is 0 Å². The lowest BCUT2D eigenvalue weighted by molar-refractivity contribution is 0.0761. The molecule has 2 heterocycles. The monoisotopic (exact) mass is 483 g/mol. The molecule has 9 heteroatoms. The molecular formula is C24H25N3O4S2. The van der Waals surface area contributed by atoms with Gasteiger partial charge in [-0.1, -0.05) is 18.9 Å². The first-order valence-electron chi connectivity index (χ1n) is 10.8. The second-order valence-corrected chi connectivity index (χ2v) is 10.7. The van der Waals surface area contributed by atoms with Gasteiger partial charge in [-0.05, 0) is 72.8 Å². The average molecular weight is 484 g/mol. The molecule has 0 saturated carbocycles. The Bertz CT molecular complexity index is 1200. The van der Waals surface area contributed by atoms with E-state index in [1.165, 1.54) is 6.07 Å². The normalized spacial score (nSPS) is 14.4. The number of hydrogen-bond donors (Lipinski definition) is 2. The maximum Gasteiger partial charge on any atom is 0.271 e. The fourth-order valence-corrected chi connectivity index (χ4v) is 5.72. The lowest BCUT2D eigenvalue weighted by Crippen LogP contribution is -2.31. The van der Waals surface area contributed by atoms with Gasteiger partial charge in [0.25, 0.3) is 21.8 Å². The van der Waals surface area contributed by atoms with Gasteiger partial charge in [0.2, 0.25) is 0 Å². The highest BCUT2D eigenvalue weighted by molar-refractivity contribution is 7.94. The zero-order valence-corrected chi connectivity index (χ0v) is 19.6. The number of hydrogen-bond acceptors (Lipinski definition) is 5. The van der Waals surface area contributed by atoms with Gasteiger partial charge in [-0.25, -0.2) is 8.42 Å². The minimum absolute atomic E-state index is 0.0235. The van der Waals surface area contributed by atoms with E-state index in [9.17, 15) is 18.0 Å². The molecule has 4 rings (SSSR count). The fraction of sp³-hybridized carbons (Fsp3) is 0.250. The molecule has 1 saturated heterocycles. The van der Waals surface area contributed by atoms with Crippen LogP contribution in [-0.2, 0) is 10.0 Å². The molecule has 0 bridgehead atoms. The van der Waals surface area contributed by atoms with Crippen LogP contribution in [0.1, 0.15) is 46.4 Å². The topological polar surface area (TPSA) is 95.6 Å². The van der Waals surface area contributed by atoms with E-state index in [1.54, 1.807) is 60.0 Å². The summed E-state index contributed by atoms with van der Waals surface area (Å²) in [5.41, 5.74) is 1.95. The lowest BCUT2D eigenvalue weighted by Gasteiger charge is -2.20. The smallest absolute Gasteiger partial charge is 0.271 e. The van der Waals surface area contributed by atoms with Gasteiger partial charge >= 0.3 is 0 Å². The van der Waals surface area contributed by atoms with Gasteiger partial charge in [-0.2, -0.15) is 0 Å². The number of anilines is 2. The number of nitrogens with zero attached hydrogens (tertiary/aromatic N) is 1. The summed E-state index contributed by atoms with van der Waals surface area (Å²) in [6, 6.07) is 16.3. The third kappa shape index (κ3) is 5.80. The number of nitrogens with one attached hydrogen (secondary N) is 2. The largest absolute Gasteiger partial charge is 0.339 e. The Kier molecular flexibility index (Phi) is 7.10. The summed E-state index contributed by atoms with van der Waals surface area (Å²) in [6.07, 6.45) is 4.40.